The Hall–Kier alpha value is -1.01. The summed E-state index contributed by atoms with van der Waals surface area (Å²) in [6, 6.07) is 9.87. The second kappa shape index (κ2) is 6.01. The van der Waals surface area contributed by atoms with Gasteiger partial charge in [-0.25, -0.2) is 12.8 Å². The van der Waals surface area contributed by atoms with E-state index in [4.69, 9.17) is 39.5 Å². The third-order valence-electron chi connectivity index (χ3n) is 2.49. The first-order chi connectivity index (χ1) is 9.68. The Morgan fingerprint density at radius 2 is 1.29 bits per heavy atom. The molecule has 0 unspecified atom stereocenters. The molecule has 8 heteroatoms. The maximum Gasteiger partial charge on any atom is 0.338 e. The zero-order valence-electron chi connectivity index (χ0n) is 10.3. The van der Waals surface area contributed by atoms with Gasteiger partial charge in [0.2, 0.25) is 9.84 Å². The average molecular weight is 370 g/mol. The predicted octanol–water partition coefficient (Wildman–Crippen LogP) is 4.37. The zero-order valence-corrected chi connectivity index (χ0v) is 13.3. The molecule has 0 bridgehead atoms. The molecule has 0 N–H and O–H groups in total. The van der Waals surface area contributed by atoms with E-state index in [1.165, 1.54) is 36.4 Å². The molecule has 21 heavy (non-hydrogen) atoms. The largest absolute Gasteiger partial charge is 0.446 e. The van der Waals surface area contributed by atoms with Crippen LogP contribution in [0.2, 0.25) is 0 Å². The molecular weight excluding hydrogens is 362 g/mol. The van der Waals surface area contributed by atoms with Crippen molar-refractivity contribution >= 4 is 44.6 Å². The Morgan fingerprint density at radius 1 is 0.857 bits per heavy atom. The van der Waals surface area contributed by atoms with Crippen molar-refractivity contribution in [2.75, 3.05) is 0 Å². The lowest BCUT2D eigenvalue weighted by atomic mass is 10.3. The summed E-state index contributed by atoms with van der Waals surface area (Å²) in [5.41, 5.74) is 0. The quantitative estimate of drug-likeness (QED) is 0.596. The summed E-state index contributed by atoms with van der Waals surface area (Å²) in [6.07, 6.45) is 0. The third kappa shape index (κ3) is 4.23. The fourth-order valence-electron chi connectivity index (χ4n) is 1.57. The van der Waals surface area contributed by atoms with Gasteiger partial charge < -0.3 is 4.74 Å². The van der Waals surface area contributed by atoms with Gasteiger partial charge in [0.15, 0.2) is 0 Å². The predicted molar refractivity (Wildman–Crippen MR) is 79.2 cm³/mol. The Kier molecular flexibility index (Phi) is 4.68. The summed E-state index contributed by atoms with van der Waals surface area (Å²) in [6.45, 7) is 0. The van der Waals surface area contributed by atoms with Crippen LogP contribution in [0.15, 0.2) is 58.3 Å². The first-order valence-corrected chi connectivity index (χ1v) is 8.17. The summed E-state index contributed by atoms with van der Waals surface area (Å²) in [7, 11) is -3.74. The van der Waals surface area contributed by atoms with Crippen LogP contribution in [0.4, 0.5) is 4.39 Å². The first kappa shape index (κ1) is 16.4. The Labute approximate surface area is 136 Å². The molecule has 0 saturated carbocycles. The molecule has 0 amide bonds. The van der Waals surface area contributed by atoms with Crippen molar-refractivity contribution in [1.29, 1.82) is 0 Å². The van der Waals surface area contributed by atoms with Gasteiger partial charge in [0.1, 0.15) is 11.6 Å². The van der Waals surface area contributed by atoms with Gasteiger partial charge in [-0.3, -0.25) is 0 Å². The molecule has 2 rings (SSSR count). The molecule has 112 valence electrons. The van der Waals surface area contributed by atoms with Crippen molar-refractivity contribution < 1.29 is 17.5 Å². The van der Waals surface area contributed by atoms with Crippen LogP contribution in [0.5, 0.6) is 5.75 Å². The summed E-state index contributed by atoms with van der Waals surface area (Å²) >= 11 is 16.4. The van der Waals surface area contributed by atoms with Crippen LogP contribution >= 0.6 is 34.8 Å². The summed E-state index contributed by atoms with van der Waals surface area (Å²) in [4.78, 5) is 0.00437. The van der Waals surface area contributed by atoms with Crippen LogP contribution in [0.1, 0.15) is 0 Å². The van der Waals surface area contributed by atoms with E-state index in [-0.39, 0.29) is 15.5 Å². The molecule has 3 nitrogen and oxygen atoms in total. The van der Waals surface area contributed by atoms with Crippen molar-refractivity contribution in [3.63, 3.8) is 0 Å². The normalized spacial score (nSPS) is 12.2. The fourth-order valence-corrected chi connectivity index (χ4v) is 3.10. The van der Waals surface area contributed by atoms with Crippen LogP contribution < -0.4 is 4.74 Å². The first-order valence-electron chi connectivity index (χ1n) is 5.55. The lowest BCUT2D eigenvalue weighted by Gasteiger charge is -2.13. The standard InChI is InChI=1S/C13H8Cl3FO3S/c14-13(15,16)20-10-3-7-12(8-4-10)21(18,19)11-5-1-9(17)2-6-11/h1-8H. The van der Waals surface area contributed by atoms with E-state index in [1.54, 1.807) is 0 Å². The molecule has 2 aromatic rings. The third-order valence-corrected chi connectivity index (χ3v) is 4.51. The monoisotopic (exact) mass is 368 g/mol. The number of halogens is 4. The lowest BCUT2D eigenvalue weighted by Crippen LogP contribution is -2.12. The van der Waals surface area contributed by atoms with Gasteiger partial charge in [0, 0.05) is 0 Å². The number of rotatable bonds is 3. The zero-order chi connectivity index (χ0) is 15.7. The second-order valence-corrected chi connectivity index (χ2v) is 8.10. The highest BCUT2D eigenvalue weighted by Gasteiger charge is 2.22. The smallest absolute Gasteiger partial charge is 0.338 e. The van der Waals surface area contributed by atoms with E-state index < -0.39 is 19.6 Å². The highest BCUT2D eigenvalue weighted by Crippen LogP contribution is 2.31. The van der Waals surface area contributed by atoms with Gasteiger partial charge in [0.25, 0.3) is 0 Å². The van der Waals surface area contributed by atoms with Crippen molar-refractivity contribution in [2.24, 2.45) is 0 Å². The van der Waals surface area contributed by atoms with Crippen LogP contribution in [-0.4, -0.2) is 12.4 Å². The van der Waals surface area contributed by atoms with Crippen molar-refractivity contribution in [2.45, 2.75) is 13.8 Å². The molecule has 0 radical (unpaired) electrons. The number of sulfone groups is 1. The molecule has 0 spiro atoms. The highest BCUT2D eigenvalue weighted by atomic mass is 35.6. The van der Waals surface area contributed by atoms with E-state index in [1.807, 2.05) is 0 Å². The van der Waals surface area contributed by atoms with Gasteiger partial charge >= 0.3 is 3.98 Å². The van der Waals surface area contributed by atoms with Gasteiger partial charge in [-0.15, -0.1) is 0 Å². The van der Waals surface area contributed by atoms with Crippen molar-refractivity contribution in [3.8, 4) is 5.75 Å². The van der Waals surface area contributed by atoms with Crippen LogP contribution in [0, 0.1) is 5.82 Å². The molecule has 0 aliphatic heterocycles. The lowest BCUT2D eigenvalue weighted by molar-refractivity contribution is 0.320. The van der Waals surface area contributed by atoms with Crippen LogP contribution in [0.25, 0.3) is 0 Å². The minimum Gasteiger partial charge on any atom is -0.446 e. The van der Waals surface area contributed by atoms with E-state index in [0.29, 0.717) is 0 Å². The van der Waals surface area contributed by atoms with Crippen molar-refractivity contribution in [1.82, 2.24) is 0 Å². The average Bonchev–Trinajstić information content (AvgIpc) is 2.38. The summed E-state index contributed by atoms with van der Waals surface area (Å²) in [5.74, 6) is -0.312. The minimum absolute atomic E-state index is 0.0149. The van der Waals surface area contributed by atoms with E-state index in [2.05, 4.69) is 0 Å². The number of hydrogen-bond acceptors (Lipinski definition) is 3. The van der Waals surface area contributed by atoms with Gasteiger partial charge in [-0.05, 0) is 83.3 Å². The van der Waals surface area contributed by atoms with Crippen molar-refractivity contribution in [3.05, 3.63) is 54.3 Å². The number of benzene rings is 2. The van der Waals surface area contributed by atoms with Crippen LogP contribution in [-0.2, 0) is 9.84 Å². The maximum absolute atomic E-state index is 12.8. The fraction of sp³-hybridized carbons (Fsp3) is 0.0769. The summed E-state index contributed by atoms with van der Waals surface area (Å²) in [5, 5.41) is 0. The Balaban J connectivity index is 2.31. The van der Waals surface area contributed by atoms with E-state index in [0.717, 1.165) is 12.1 Å². The molecule has 0 aromatic heterocycles. The molecule has 2 aromatic carbocycles. The molecule has 0 atom stereocenters. The maximum atomic E-state index is 12.8. The number of ether oxygens (including phenoxy) is 1. The second-order valence-electron chi connectivity index (χ2n) is 3.98. The minimum atomic E-state index is -3.74. The Morgan fingerprint density at radius 3 is 1.71 bits per heavy atom. The molecule has 0 aliphatic carbocycles. The van der Waals surface area contributed by atoms with E-state index >= 15 is 0 Å². The number of hydrogen-bond donors (Lipinski definition) is 0. The molecule has 0 heterocycles. The molecule has 0 aliphatic rings. The molecule has 0 saturated heterocycles. The summed E-state index contributed by atoms with van der Waals surface area (Å²) < 4.78 is 40.4. The topological polar surface area (TPSA) is 43.4 Å². The van der Waals surface area contributed by atoms with E-state index in [9.17, 15) is 12.8 Å². The molecular formula is C13H8Cl3FO3S. The van der Waals surface area contributed by atoms with Gasteiger partial charge in [-0.2, -0.15) is 0 Å². The molecule has 0 fully saturated rings. The SMILES string of the molecule is O=S(=O)(c1ccc(F)cc1)c1ccc(OC(Cl)(Cl)Cl)cc1. The van der Waals surface area contributed by atoms with Gasteiger partial charge in [-0.1, -0.05) is 0 Å². The van der Waals surface area contributed by atoms with Crippen LogP contribution in [0.3, 0.4) is 0 Å². The van der Waals surface area contributed by atoms with Gasteiger partial charge in [0.05, 0.1) is 9.79 Å². The highest BCUT2D eigenvalue weighted by molar-refractivity contribution is 7.91. The number of alkyl halides is 3. The Bertz CT molecular complexity index is 723.